The molecule has 1 rings (SSSR count). The fourth-order valence-electron chi connectivity index (χ4n) is 3.81. The minimum absolute atomic E-state index is 0.0200. The lowest BCUT2D eigenvalue weighted by Gasteiger charge is -2.44. The van der Waals surface area contributed by atoms with Crippen LogP contribution in [0.4, 0.5) is 0 Å². The number of nitrogens with one attached hydrogen (secondary N) is 2. The first-order valence-corrected chi connectivity index (χ1v) is 13.8. The van der Waals surface area contributed by atoms with Crippen LogP contribution < -0.4 is 16.4 Å². The van der Waals surface area contributed by atoms with E-state index in [4.69, 9.17) is 43.6 Å². The Morgan fingerprint density at radius 2 is 1.33 bits per heavy atom. The van der Waals surface area contributed by atoms with Crippen LogP contribution in [0.5, 0.6) is 0 Å². The van der Waals surface area contributed by atoms with Crippen molar-refractivity contribution in [1.29, 1.82) is 0 Å². The van der Waals surface area contributed by atoms with Gasteiger partial charge in [-0.3, -0.25) is 24.0 Å². The molecular weight excluding hydrogens is 562 g/mol. The molecule has 1 fully saturated rings. The SMILES string of the molecule is CC(=O)NC1C(OCCOCCOCCOCCNC(=O)CCCN)OC(COC(C)=O)C(OC(C)=O)C1OC(C)=O. The van der Waals surface area contributed by atoms with Crippen LogP contribution in [0.3, 0.4) is 0 Å². The maximum absolute atomic E-state index is 11.9. The summed E-state index contributed by atoms with van der Waals surface area (Å²) in [5.74, 6) is -2.52. The summed E-state index contributed by atoms with van der Waals surface area (Å²) in [6, 6.07) is -1.05. The largest absolute Gasteiger partial charge is 0.463 e. The van der Waals surface area contributed by atoms with Crippen molar-refractivity contribution in [2.75, 3.05) is 65.9 Å². The highest BCUT2D eigenvalue weighted by Crippen LogP contribution is 2.28. The zero-order valence-corrected chi connectivity index (χ0v) is 24.8. The van der Waals surface area contributed by atoms with Crippen LogP contribution in [0.25, 0.3) is 0 Å². The maximum atomic E-state index is 11.9. The zero-order chi connectivity index (χ0) is 31.3. The third-order valence-electron chi connectivity index (χ3n) is 5.50. The number of rotatable bonds is 21. The van der Waals surface area contributed by atoms with E-state index < -0.39 is 54.5 Å². The first-order valence-electron chi connectivity index (χ1n) is 13.8. The molecule has 0 aromatic heterocycles. The lowest BCUT2D eigenvalue weighted by molar-refractivity contribution is -0.279. The molecule has 1 heterocycles. The first kappa shape index (κ1) is 37.1. The molecule has 5 unspecified atom stereocenters. The van der Waals surface area contributed by atoms with Crippen molar-refractivity contribution in [3.63, 3.8) is 0 Å². The molecule has 0 saturated carbocycles. The summed E-state index contributed by atoms with van der Waals surface area (Å²) < 4.78 is 43.8. The van der Waals surface area contributed by atoms with Gasteiger partial charge in [-0.1, -0.05) is 0 Å². The number of ether oxygens (including phenoxy) is 8. The minimum Gasteiger partial charge on any atom is -0.463 e. The minimum atomic E-state index is -1.20. The van der Waals surface area contributed by atoms with Crippen molar-refractivity contribution in [2.24, 2.45) is 5.73 Å². The Kier molecular flexibility index (Phi) is 19.2. The fourth-order valence-corrected chi connectivity index (χ4v) is 3.81. The van der Waals surface area contributed by atoms with E-state index in [1.807, 2.05) is 0 Å². The number of carbonyl (C=O) groups is 5. The molecule has 1 saturated heterocycles. The summed E-state index contributed by atoms with van der Waals surface area (Å²) in [5, 5.41) is 5.35. The molecular formula is C26H45N3O13. The summed E-state index contributed by atoms with van der Waals surface area (Å²) in [6.45, 7) is 7.14. The topological polar surface area (TPSA) is 209 Å². The average Bonchev–Trinajstić information content (AvgIpc) is 2.91. The third-order valence-corrected chi connectivity index (χ3v) is 5.50. The molecule has 0 aromatic carbocycles. The number of hydrogen-bond donors (Lipinski definition) is 3. The molecule has 16 heteroatoms. The van der Waals surface area contributed by atoms with Gasteiger partial charge in [0.2, 0.25) is 11.8 Å². The highest BCUT2D eigenvalue weighted by Gasteiger charge is 2.51. The Hall–Kier alpha value is -2.89. The Labute approximate surface area is 245 Å². The number of hydrogen-bond acceptors (Lipinski definition) is 14. The summed E-state index contributed by atoms with van der Waals surface area (Å²) in [4.78, 5) is 58.5. The molecule has 5 atom stereocenters. The van der Waals surface area contributed by atoms with Crippen molar-refractivity contribution in [1.82, 2.24) is 10.6 Å². The van der Waals surface area contributed by atoms with Gasteiger partial charge in [0, 0.05) is 40.7 Å². The van der Waals surface area contributed by atoms with Crippen molar-refractivity contribution >= 4 is 29.7 Å². The Morgan fingerprint density at radius 1 is 0.762 bits per heavy atom. The molecule has 0 spiro atoms. The van der Waals surface area contributed by atoms with Crippen molar-refractivity contribution in [3.8, 4) is 0 Å². The van der Waals surface area contributed by atoms with Crippen LogP contribution in [0.2, 0.25) is 0 Å². The molecule has 0 bridgehead atoms. The summed E-state index contributed by atoms with van der Waals surface area (Å²) in [6.07, 6.45) is -3.56. The first-order chi connectivity index (χ1) is 20.0. The van der Waals surface area contributed by atoms with Gasteiger partial charge in [0.25, 0.3) is 0 Å². The highest BCUT2D eigenvalue weighted by atomic mass is 16.7. The van der Waals surface area contributed by atoms with Crippen molar-refractivity contribution < 1.29 is 61.9 Å². The molecule has 2 amide bonds. The van der Waals surface area contributed by atoms with E-state index in [2.05, 4.69) is 10.6 Å². The van der Waals surface area contributed by atoms with Crippen LogP contribution in [-0.4, -0.2) is 126 Å². The van der Waals surface area contributed by atoms with Gasteiger partial charge in [0.1, 0.15) is 18.8 Å². The molecule has 0 aromatic rings. The summed E-state index contributed by atoms with van der Waals surface area (Å²) >= 11 is 0. The highest BCUT2D eigenvalue weighted by molar-refractivity contribution is 5.75. The molecule has 1 aliphatic rings. The number of carbonyl (C=O) groups excluding carboxylic acids is 5. The van der Waals surface area contributed by atoms with Crippen LogP contribution in [-0.2, 0) is 61.9 Å². The van der Waals surface area contributed by atoms with Crippen LogP contribution in [0.1, 0.15) is 40.5 Å². The van der Waals surface area contributed by atoms with E-state index in [1.54, 1.807) is 0 Å². The fraction of sp³-hybridized carbons (Fsp3) is 0.808. The lowest BCUT2D eigenvalue weighted by atomic mass is 9.96. The molecule has 42 heavy (non-hydrogen) atoms. The van der Waals surface area contributed by atoms with Gasteiger partial charge < -0.3 is 54.3 Å². The van der Waals surface area contributed by atoms with E-state index in [1.165, 1.54) is 13.8 Å². The molecule has 242 valence electrons. The van der Waals surface area contributed by atoms with E-state index in [-0.39, 0.29) is 32.3 Å². The van der Waals surface area contributed by atoms with Crippen LogP contribution >= 0.6 is 0 Å². The second-order valence-corrected chi connectivity index (χ2v) is 9.17. The second-order valence-electron chi connectivity index (χ2n) is 9.17. The maximum Gasteiger partial charge on any atom is 0.303 e. The monoisotopic (exact) mass is 607 g/mol. The smallest absolute Gasteiger partial charge is 0.303 e. The van der Waals surface area contributed by atoms with E-state index >= 15 is 0 Å². The Balaban J connectivity index is 2.50. The van der Waals surface area contributed by atoms with Gasteiger partial charge in [0.05, 0.1) is 46.2 Å². The number of amides is 2. The van der Waals surface area contributed by atoms with Gasteiger partial charge in [-0.05, 0) is 13.0 Å². The van der Waals surface area contributed by atoms with E-state index in [9.17, 15) is 24.0 Å². The molecule has 1 aliphatic heterocycles. The van der Waals surface area contributed by atoms with Gasteiger partial charge >= 0.3 is 17.9 Å². The second kappa shape index (κ2) is 21.8. The van der Waals surface area contributed by atoms with Crippen LogP contribution in [0, 0.1) is 0 Å². The quantitative estimate of drug-likeness (QED) is 0.0776. The van der Waals surface area contributed by atoms with Gasteiger partial charge in [-0.2, -0.15) is 0 Å². The normalized spacial score (nSPS) is 21.7. The predicted molar refractivity (Wildman–Crippen MR) is 144 cm³/mol. The Morgan fingerprint density at radius 3 is 1.88 bits per heavy atom. The average molecular weight is 608 g/mol. The summed E-state index contributed by atoms with van der Waals surface area (Å²) in [5.41, 5.74) is 5.36. The zero-order valence-electron chi connectivity index (χ0n) is 24.8. The van der Waals surface area contributed by atoms with Gasteiger partial charge in [0.15, 0.2) is 18.5 Å². The molecule has 0 aliphatic carbocycles. The summed E-state index contributed by atoms with van der Waals surface area (Å²) in [7, 11) is 0. The number of esters is 3. The van der Waals surface area contributed by atoms with E-state index in [0.717, 1.165) is 13.8 Å². The van der Waals surface area contributed by atoms with Gasteiger partial charge in [-0.15, -0.1) is 0 Å². The van der Waals surface area contributed by atoms with Crippen molar-refractivity contribution in [2.45, 2.75) is 71.2 Å². The molecule has 4 N–H and O–H groups in total. The van der Waals surface area contributed by atoms with Crippen LogP contribution in [0.15, 0.2) is 0 Å². The third kappa shape index (κ3) is 16.5. The Bertz CT molecular complexity index is 844. The van der Waals surface area contributed by atoms with E-state index in [0.29, 0.717) is 52.4 Å². The molecule has 0 radical (unpaired) electrons. The van der Waals surface area contributed by atoms with Crippen molar-refractivity contribution in [3.05, 3.63) is 0 Å². The predicted octanol–water partition coefficient (Wildman–Crippen LogP) is -1.44. The van der Waals surface area contributed by atoms with Gasteiger partial charge in [-0.25, -0.2) is 0 Å². The molecule has 16 nitrogen and oxygen atoms in total. The lowest BCUT2D eigenvalue weighted by Crippen LogP contribution is -2.66. The standard InChI is InChI=1S/C26H45N3O13/c1-17(30)29-23-25(41-20(4)33)24(40-19(3)32)21(16-39-18(2)31)42-26(23)38-15-14-37-13-12-36-11-10-35-9-8-28-22(34)6-5-7-27/h21,23-26H,5-16,27H2,1-4H3,(H,28,34)(H,29,30). The number of nitrogens with two attached hydrogens (primary N) is 1.